The van der Waals surface area contributed by atoms with E-state index in [2.05, 4.69) is 31.4 Å². The molecule has 2 heterocycles. The number of furan rings is 1. The maximum Gasteiger partial charge on any atom is 0.230 e. The highest BCUT2D eigenvalue weighted by molar-refractivity contribution is 9.10. The van der Waals surface area contributed by atoms with Gasteiger partial charge in [0.2, 0.25) is 5.91 Å². The number of aromatic nitrogens is 3. The maximum atomic E-state index is 12.3. The largest absolute Gasteiger partial charge is 0.453 e. The number of hydrogen-bond donors (Lipinski definition) is 1. The lowest BCUT2D eigenvalue weighted by atomic mass is 10.1. The topological polar surface area (TPSA) is 73.0 Å². The Balaban J connectivity index is 1.42. The van der Waals surface area contributed by atoms with E-state index < -0.39 is 0 Å². The number of thioether (sulfide) groups is 1. The number of rotatable bonds is 6. The number of amides is 1. The van der Waals surface area contributed by atoms with Gasteiger partial charge in [-0.25, -0.2) is 0 Å². The van der Waals surface area contributed by atoms with Crippen LogP contribution in [0.25, 0.3) is 22.6 Å². The van der Waals surface area contributed by atoms with E-state index in [1.165, 1.54) is 11.8 Å². The van der Waals surface area contributed by atoms with Gasteiger partial charge < -0.3 is 14.3 Å². The average molecular weight is 471 g/mol. The number of fused-ring (bicyclic) bond motifs is 1. The minimum absolute atomic E-state index is 0.0470. The predicted molar refractivity (Wildman–Crippen MR) is 118 cm³/mol. The predicted octanol–water partition coefficient (Wildman–Crippen LogP) is 4.96. The number of nitrogens with zero attached hydrogens (tertiary/aromatic N) is 3. The van der Waals surface area contributed by atoms with Crippen molar-refractivity contribution in [2.24, 2.45) is 7.05 Å². The molecule has 0 radical (unpaired) electrons. The van der Waals surface area contributed by atoms with E-state index >= 15 is 0 Å². The fraction of sp³-hybridized carbons (Fsp3) is 0.190. The van der Waals surface area contributed by atoms with Crippen LogP contribution in [0.3, 0.4) is 0 Å². The van der Waals surface area contributed by atoms with Crippen molar-refractivity contribution in [2.45, 2.75) is 18.1 Å². The molecule has 2 aromatic carbocycles. The Bertz CT molecular complexity index is 1160. The molecule has 4 rings (SSSR count). The SMILES string of the molecule is C[C@H](NC(=O)CSc1nnc(-c2cc3cc(Br)ccc3o2)n1C)c1ccccc1. The highest BCUT2D eigenvalue weighted by Gasteiger charge is 2.17. The van der Waals surface area contributed by atoms with Crippen molar-refractivity contribution >= 4 is 44.6 Å². The van der Waals surface area contributed by atoms with E-state index in [-0.39, 0.29) is 17.7 Å². The first-order valence-corrected chi connectivity index (χ1v) is 10.8. The molecule has 1 N–H and O–H groups in total. The van der Waals surface area contributed by atoms with Crippen molar-refractivity contribution in [3.05, 3.63) is 64.6 Å². The summed E-state index contributed by atoms with van der Waals surface area (Å²) in [4.78, 5) is 12.3. The fourth-order valence-electron chi connectivity index (χ4n) is 3.02. The second kappa shape index (κ2) is 8.42. The lowest BCUT2D eigenvalue weighted by Crippen LogP contribution is -2.28. The van der Waals surface area contributed by atoms with Crippen LogP contribution >= 0.6 is 27.7 Å². The van der Waals surface area contributed by atoms with Crippen LogP contribution in [0.2, 0.25) is 0 Å². The molecule has 4 aromatic rings. The summed E-state index contributed by atoms with van der Waals surface area (Å²) in [6, 6.07) is 17.6. The zero-order chi connectivity index (χ0) is 20.4. The third kappa shape index (κ3) is 4.38. The summed E-state index contributed by atoms with van der Waals surface area (Å²) in [5.41, 5.74) is 1.86. The van der Waals surface area contributed by atoms with E-state index in [1.54, 1.807) is 0 Å². The van der Waals surface area contributed by atoms with Crippen LogP contribution in [0.5, 0.6) is 0 Å². The smallest absolute Gasteiger partial charge is 0.230 e. The molecular weight excluding hydrogens is 452 g/mol. The van der Waals surface area contributed by atoms with Gasteiger partial charge in [-0.15, -0.1) is 10.2 Å². The summed E-state index contributed by atoms with van der Waals surface area (Å²) in [5.74, 6) is 1.47. The lowest BCUT2D eigenvalue weighted by molar-refractivity contribution is -0.119. The van der Waals surface area contributed by atoms with Crippen LogP contribution < -0.4 is 5.32 Å². The summed E-state index contributed by atoms with van der Waals surface area (Å²) in [6.45, 7) is 1.97. The second-order valence-electron chi connectivity index (χ2n) is 6.65. The van der Waals surface area contributed by atoms with Gasteiger partial charge in [-0.05, 0) is 36.8 Å². The van der Waals surface area contributed by atoms with Crippen molar-refractivity contribution in [1.82, 2.24) is 20.1 Å². The van der Waals surface area contributed by atoms with Crippen molar-refractivity contribution in [3.63, 3.8) is 0 Å². The molecule has 0 aliphatic carbocycles. The first-order valence-electron chi connectivity index (χ1n) is 9.07. The Kier molecular flexibility index (Phi) is 5.73. The normalized spacial score (nSPS) is 12.2. The fourth-order valence-corrected chi connectivity index (χ4v) is 4.12. The van der Waals surface area contributed by atoms with E-state index in [9.17, 15) is 4.79 Å². The van der Waals surface area contributed by atoms with Gasteiger partial charge in [-0.1, -0.05) is 58.0 Å². The van der Waals surface area contributed by atoms with Gasteiger partial charge in [-0.2, -0.15) is 0 Å². The molecule has 29 heavy (non-hydrogen) atoms. The van der Waals surface area contributed by atoms with E-state index in [4.69, 9.17) is 4.42 Å². The van der Waals surface area contributed by atoms with Crippen molar-refractivity contribution in [2.75, 3.05) is 5.75 Å². The molecule has 1 atom stereocenters. The molecule has 0 bridgehead atoms. The summed E-state index contributed by atoms with van der Waals surface area (Å²) in [7, 11) is 1.87. The number of carbonyl (C=O) groups is 1. The summed E-state index contributed by atoms with van der Waals surface area (Å²) >= 11 is 4.81. The van der Waals surface area contributed by atoms with Crippen LogP contribution in [-0.2, 0) is 11.8 Å². The number of benzene rings is 2. The molecule has 0 fully saturated rings. The number of carbonyl (C=O) groups excluding carboxylic acids is 1. The number of nitrogens with one attached hydrogen (secondary N) is 1. The molecule has 2 aromatic heterocycles. The highest BCUT2D eigenvalue weighted by Crippen LogP contribution is 2.30. The Hall–Kier alpha value is -2.58. The minimum Gasteiger partial charge on any atom is -0.453 e. The Labute approximate surface area is 180 Å². The number of halogens is 1. The molecule has 0 aliphatic heterocycles. The molecule has 8 heteroatoms. The third-order valence-electron chi connectivity index (χ3n) is 4.54. The van der Waals surface area contributed by atoms with E-state index in [0.717, 1.165) is 21.0 Å². The van der Waals surface area contributed by atoms with Crippen LogP contribution in [0, 0.1) is 0 Å². The van der Waals surface area contributed by atoms with Crippen molar-refractivity contribution in [1.29, 1.82) is 0 Å². The molecule has 0 spiro atoms. The van der Waals surface area contributed by atoms with Gasteiger partial charge in [0.15, 0.2) is 16.7 Å². The Morgan fingerprint density at radius 2 is 2.00 bits per heavy atom. The third-order valence-corrected chi connectivity index (χ3v) is 6.06. The van der Waals surface area contributed by atoms with Crippen molar-refractivity contribution in [3.8, 4) is 11.6 Å². The maximum absolute atomic E-state index is 12.3. The van der Waals surface area contributed by atoms with Gasteiger partial charge in [-0.3, -0.25) is 4.79 Å². The second-order valence-corrected chi connectivity index (χ2v) is 8.50. The zero-order valence-corrected chi connectivity index (χ0v) is 18.3. The van der Waals surface area contributed by atoms with Gasteiger partial charge >= 0.3 is 0 Å². The molecule has 148 valence electrons. The minimum atomic E-state index is -0.0514. The van der Waals surface area contributed by atoms with Gasteiger partial charge in [0.1, 0.15) is 5.58 Å². The molecule has 0 aliphatic rings. The first kappa shape index (κ1) is 19.7. The molecule has 0 saturated heterocycles. The number of hydrogen-bond acceptors (Lipinski definition) is 5. The molecular formula is C21H19BrN4O2S. The quantitative estimate of drug-likeness (QED) is 0.403. The summed E-state index contributed by atoms with van der Waals surface area (Å²) < 4.78 is 8.72. The Morgan fingerprint density at radius 1 is 1.21 bits per heavy atom. The standard InChI is InChI=1S/C21H19BrN4O2S/c1-13(14-6-4-3-5-7-14)23-19(27)12-29-21-25-24-20(26(21)2)18-11-15-10-16(22)8-9-17(15)28-18/h3-11,13H,12H2,1-2H3,(H,23,27)/t13-/m0/s1. The summed E-state index contributed by atoms with van der Waals surface area (Å²) in [5, 5.41) is 13.1. The summed E-state index contributed by atoms with van der Waals surface area (Å²) in [6.07, 6.45) is 0. The van der Waals surface area contributed by atoms with E-state index in [0.29, 0.717) is 16.7 Å². The van der Waals surface area contributed by atoms with Crippen LogP contribution in [-0.4, -0.2) is 26.4 Å². The molecule has 0 unspecified atom stereocenters. The first-order chi connectivity index (χ1) is 14.0. The average Bonchev–Trinajstić information content (AvgIpc) is 3.29. The molecule has 6 nitrogen and oxygen atoms in total. The monoisotopic (exact) mass is 470 g/mol. The van der Waals surface area contributed by atoms with Crippen LogP contribution in [0.4, 0.5) is 0 Å². The van der Waals surface area contributed by atoms with Crippen LogP contribution in [0.15, 0.2) is 68.6 Å². The zero-order valence-electron chi connectivity index (χ0n) is 15.9. The lowest BCUT2D eigenvalue weighted by Gasteiger charge is -2.13. The Morgan fingerprint density at radius 3 is 2.79 bits per heavy atom. The van der Waals surface area contributed by atoms with E-state index in [1.807, 2.05) is 73.1 Å². The highest BCUT2D eigenvalue weighted by atomic mass is 79.9. The van der Waals surface area contributed by atoms with Gasteiger partial charge in [0.25, 0.3) is 0 Å². The van der Waals surface area contributed by atoms with Gasteiger partial charge in [0, 0.05) is 16.9 Å². The van der Waals surface area contributed by atoms with Gasteiger partial charge in [0.05, 0.1) is 11.8 Å². The molecule has 1 amide bonds. The van der Waals surface area contributed by atoms with Crippen LogP contribution in [0.1, 0.15) is 18.5 Å². The van der Waals surface area contributed by atoms with Crippen molar-refractivity contribution < 1.29 is 9.21 Å². The molecule has 0 saturated carbocycles.